The summed E-state index contributed by atoms with van der Waals surface area (Å²) >= 11 is 0. The highest BCUT2D eigenvalue weighted by Gasteiger charge is 2.28. The molecule has 130 valence electrons. The monoisotopic (exact) mass is 341 g/mol. The maximum absolute atomic E-state index is 14.2. The lowest BCUT2D eigenvalue weighted by Gasteiger charge is -2.22. The molecular formula is C17H20FN7. The highest BCUT2D eigenvalue weighted by molar-refractivity contribution is 5.36. The summed E-state index contributed by atoms with van der Waals surface area (Å²) in [6, 6.07) is 5.24. The third kappa shape index (κ3) is 3.05. The second-order valence-corrected chi connectivity index (χ2v) is 6.54. The zero-order chi connectivity index (χ0) is 17.4. The maximum Gasteiger partial charge on any atom is 0.170 e. The Bertz CT molecular complexity index is 885. The topological polar surface area (TPSA) is 64.7 Å². The number of hydrogen-bond acceptors (Lipinski definition) is 5. The van der Waals surface area contributed by atoms with Gasteiger partial charge in [-0.05, 0) is 54.4 Å². The Morgan fingerprint density at radius 1 is 1.32 bits per heavy atom. The molecule has 1 aromatic carbocycles. The number of aryl methyl sites for hydroxylation is 2. The first-order valence-corrected chi connectivity index (χ1v) is 8.38. The van der Waals surface area contributed by atoms with Crippen LogP contribution in [0.15, 0.2) is 30.6 Å². The first kappa shape index (κ1) is 15.9. The average molecular weight is 341 g/mol. The van der Waals surface area contributed by atoms with Crippen molar-refractivity contribution in [2.45, 2.75) is 32.4 Å². The standard InChI is InChI=1S/C17H20FN7/c1-12-5-6-14(18)16(8-12)25-17(20-21-22-25)11-24-7-3-4-15(24)13-9-19-23(2)10-13/h5-6,8-10,15H,3-4,7,11H2,1-2H3/t15-/m0/s1. The molecule has 0 aliphatic carbocycles. The van der Waals surface area contributed by atoms with E-state index in [0.29, 0.717) is 24.1 Å². The van der Waals surface area contributed by atoms with E-state index in [4.69, 9.17) is 0 Å². The second kappa shape index (κ2) is 6.36. The Labute approximate surface area is 145 Å². The Morgan fingerprint density at radius 3 is 3.00 bits per heavy atom. The van der Waals surface area contributed by atoms with Crippen molar-refractivity contribution in [1.29, 1.82) is 0 Å². The molecule has 1 aliphatic heterocycles. The van der Waals surface area contributed by atoms with Gasteiger partial charge >= 0.3 is 0 Å². The number of likely N-dealkylation sites (tertiary alicyclic amines) is 1. The van der Waals surface area contributed by atoms with Gasteiger partial charge in [0.05, 0.1) is 12.7 Å². The summed E-state index contributed by atoms with van der Waals surface area (Å²) in [5.74, 6) is 0.310. The van der Waals surface area contributed by atoms with Crippen LogP contribution in [0.1, 0.15) is 35.8 Å². The predicted molar refractivity (Wildman–Crippen MR) is 89.4 cm³/mol. The third-order valence-electron chi connectivity index (χ3n) is 4.68. The summed E-state index contributed by atoms with van der Waals surface area (Å²) < 4.78 is 17.5. The highest BCUT2D eigenvalue weighted by atomic mass is 19.1. The molecule has 2 aromatic heterocycles. The molecule has 1 fully saturated rings. The largest absolute Gasteiger partial charge is 0.289 e. The zero-order valence-electron chi connectivity index (χ0n) is 14.3. The number of tetrazole rings is 1. The van der Waals surface area contributed by atoms with Crippen molar-refractivity contribution in [3.63, 3.8) is 0 Å². The van der Waals surface area contributed by atoms with Crippen LogP contribution in [0.5, 0.6) is 0 Å². The molecule has 1 atom stereocenters. The van der Waals surface area contributed by atoms with Gasteiger partial charge in [-0.3, -0.25) is 9.58 Å². The fourth-order valence-corrected chi connectivity index (χ4v) is 3.46. The molecule has 3 heterocycles. The van der Waals surface area contributed by atoms with Crippen LogP contribution in [0.25, 0.3) is 5.69 Å². The molecule has 4 rings (SSSR count). The van der Waals surface area contributed by atoms with Gasteiger partial charge in [-0.25, -0.2) is 4.39 Å². The second-order valence-electron chi connectivity index (χ2n) is 6.54. The Morgan fingerprint density at radius 2 is 2.20 bits per heavy atom. The molecule has 0 N–H and O–H groups in total. The quantitative estimate of drug-likeness (QED) is 0.728. The highest BCUT2D eigenvalue weighted by Crippen LogP contribution is 2.32. The Hall–Kier alpha value is -2.61. The minimum absolute atomic E-state index is 0.293. The molecule has 0 amide bonds. The van der Waals surface area contributed by atoms with Crippen molar-refractivity contribution >= 4 is 0 Å². The molecule has 8 heteroatoms. The minimum atomic E-state index is -0.329. The van der Waals surface area contributed by atoms with E-state index in [1.165, 1.54) is 16.3 Å². The van der Waals surface area contributed by atoms with Crippen molar-refractivity contribution in [2.75, 3.05) is 6.54 Å². The van der Waals surface area contributed by atoms with Crippen molar-refractivity contribution in [3.8, 4) is 5.69 Å². The first-order valence-electron chi connectivity index (χ1n) is 8.38. The SMILES string of the molecule is Cc1ccc(F)c(-n2nnnc2CN2CCC[C@H]2c2cnn(C)c2)c1. The molecule has 0 radical (unpaired) electrons. The van der Waals surface area contributed by atoms with E-state index in [0.717, 1.165) is 24.9 Å². The van der Waals surface area contributed by atoms with Crippen LogP contribution in [0.3, 0.4) is 0 Å². The number of aromatic nitrogens is 6. The van der Waals surface area contributed by atoms with E-state index in [-0.39, 0.29) is 5.82 Å². The summed E-state index contributed by atoms with van der Waals surface area (Å²) in [4.78, 5) is 2.33. The van der Waals surface area contributed by atoms with Gasteiger partial charge in [0, 0.05) is 24.8 Å². The van der Waals surface area contributed by atoms with Crippen molar-refractivity contribution in [3.05, 3.63) is 53.4 Å². The van der Waals surface area contributed by atoms with Crippen molar-refractivity contribution in [2.24, 2.45) is 7.05 Å². The molecule has 7 nitrogen and oxygen atoms in total. The molecule has 1 aliphatic rings. The molecule has 0 saturated carbocycles. The Kier molecular flexibility index (Phi) is 4.04. The van der Waals surface area contributed by atoms with Crippen LogP contribution in [0, 0.1) is 12.7 Å². The van der Waals surface area contributed by atoms with E-state index < -0.39 is 0 Å². The number of hydrogen-bond donors (Lipinski definition) is 0. The number of rotatable bonds is 4. The van der Waals surface area contributed by atoms with Crippen molar-refractivity contribution < 1.29 is 4.39 Å². The zero-order valence-corrected chi connectivity index (χ0v) is 14.3. The van der Waals surface area contributed by atoms with Gasteiger partial charge in [-0.1, -0.05) is 6.07 Å². The van der Waals surface area contributed by atoms with Gasteiger partial charge < -0.3 is 0 Å². The van der Waals surface area contributed by atoms with E-state index in [9.17, 15) is 4.39 Å². The van der Waals surface area contributed by atoms with E-state index in [2.05, 4.69) is 25.5 Å². The van der Waals surface area contributed by atoms with Crippen LogP contribution in [-0.2, 0) is 13.6 Å². The van der Waals surface area contributed by atoms with Gasteiger partial charge in [0.2, 0.25) is 0 Å². The average Bonchev–Trinajstić information content (AvgIpc) is 3.31. The lowest BCUT2D eigenvalue weighted by Crippen LogP contribution is -2.24. The van der Waals surface area contributed by atoms with Crippen LogP contribution < -0.4 is 0 Å². The lowest BCUT2D eigenvalue weighted by atomic mass is 10.1. The smallest absolute Gasteiger partial charge is 0.170 e. The van der Waals surface area contributed by atoms with Crippen LogP contribution >= 0.6 is 0 Å². The molecule has 0 bridgehead atoms. The van der Waals surface area contributed by atoms with Gasteiger partial charge in [-0.15, -0.1) is 5.10 Å². The van der Waals surface area contributed by atoms with E-state index >= 15 is 0 Å². The van der Waals surface area contributed by atoms with E-state index in [1.54, 1.807) is 12.1 Å². The van der Waals surface area contributed by atoms with Crippen molar-refractivity contribution in [1.82, 2.24) is 34.9 Å². The van der Waals surface area contributed by atoms with Crippen LogP contribution in [0.4, 0.5) is 4.39 Å². The molecule has 25 heavy (non-hydrogen) atoms. The number of halogens is 1. The minimum Gasteiger partial charge on any atom is -0.289 e. The summed E-state index contributed by atoms with van der Waals surface area (Å²) in [5.41, 5.74) is 2.55. The molecular weight excluding hydrogens is 321 g/mol. The molecule has 0 unspecified atom stereocenters. The summed E-state index contributed by atoms with van der Waals surface area (Å²) in [6.07, 6.45) is 6.14. The molecule has 3 aromatic rings. The van der Waals surface area contributed by atoms with Gasteiger partial charge in [0.1, 0.15) is 11.5 Å². The lowest BCUT2D eigenvalue weighted by molar-refractivity contribution is 0.240. The normalized spacial score (nSPS) is 18.1. The summed E-state index contributed by atoms with van der Waals surface area (Å²) in [5, 5.41) is 16.2. The molecule has 0 spiro atoms. The Balaban J connectivity index is 1.61. The summed E-state index contributed by atoms with van der Waals surface area (Å²) in [6.45, 7) is 3.45. The maximum atomic E-state index is 14.2. The molecule has 1 saturated heterocycles. The van der Waals surface area contributed by atoms with Crippen LogP contribution in [-0.4, -0.2) is 41.4 Å². The number of benzene rings is 1. The third-order valence-corrected chi connectivity index (χ3v) is 4.68. The summed E-state index contributed by atoms with van der Waals surface area (Å²) in [7, 11) is 1.92. The van der Waals surface area contributed by atoms with Gasteiger partial charge in [-0.2, -0.15) is 9.78 Å². The van der Waals surface area contributed by atoms with Gasteiger partial charge in [0.15, 0.2) is 5.82 Å². The van der Waals surface area contributed by atoms with E-state index in [1.807, 2.05) is 31.0 Å². The fraction of sp³-hybridized carbons (Fsp3) is 0.412. The van der Waals surface area contributed by atoms with Crippen LogP contribution in [0.2, 0.25) is 0 Å². The first-order chi connectivity index (χ1) is 12.1. The number of nitrogens with zero attached hydrogens (tertiary/aromatic N) is 7. The predicted octanol–water partition coefficient (Wildman–Crippen LogP) is 2.18. The van der Waals surface area contributed by atoms with Gasteiger partial charge in [0.25, 0.3) is 0 Å². The fourth-order valence-electron chi connectivity index (χ4n) is 3.46.